The van der Waals surface area contributed by atoms with Gasteiger partial charge in [-0.05, 0) is 74.3 Å². The number of methoxy groups -OCH3 is 1. The fourth-order valence-electron chi connectivity index (χ4n) is 3.47. The Kier molecular flexibility index (Phi) is 8.00. The fraction of sp³-hybridized carbons (Fsp3) is 0.478. The van der Waals surface area contributed by atoms with Crippen molar-refractivity contribution in [2.45, 2.75) is 38.8 Å². The minimum Gasteiger partial charge on any atom is -0.497 e. The molecule has 1 fully saturated rings. The normalized spacial score (nSPS) is 14.9. The van der Waals surface area contributed by atoms with Crippen molar-refractivity contribution >= 4 is 0 Å². The van der Waals surface area contributed by atoms with Crippen molar-refractivity contribution in [3.63, 3.8) is 0 Å². The highest BCUT2D eigenvalue weighted by Gasteiger charge is 2.10. The summed E-state index contributed by atoms with van der Waals surface area (Å²) in [7, 11) is 1.69. The monoisotopic (exact) mass is 368 g/mol. The molecular formula is C23H32N2O2. The first kappa shape index (κ1) is 19.7. The van der Waals surface area contributed by atoms with E-state index in [1.54, 1.807) is 7.11 Å². The molecular weight excluding hydrogens is 336 g/mol. The lowest BCUT2D eigenvalue weighted by Crippen LogP contribution is -2.29. The standard InChI is InChI=1S/C23H32N2O2/c1-26-22-11-9-20(10-12-22)18-24-13-6-16-27-23-8-5-7-21(17-23)19-25-14-3-2-4-15-25/h5,7-12,17,24H,2-4,6,13-16,18-19H2,1H3. The van der Waals surface area contributed by atoms with E-state index in [0.717, 1.165) is 44.2 Å². The molecule has 1 heterocycles. The predicted molar refractivity (Wildman–Crippen MR) is 110 cm³/mol. The van der Waals surface area contributed by atoms with Gasteiger partial charge in [-0.3, -0.25) is 4.90 Å². The molecule has 4 heteroatoms. The summed E-state index contributed by atoms with van der Waals surface area (Å²) in [6, 6.07) is 16.7. The number of hydrogen-bond acceptors (Lipinski definition) is 4. The maximum Gasteiger partial charge on any atom is 0.119 e. The molecule has 1 N–H and O–H groups in total. The average Bonchev–Trinajstić information content (AvgIpc) is 2.72. The lowest BCUT2D eigenvalue weighted by molar-refractivity contribution is 0.220. The molecule has 0 aromatic heterocycles. The predicted octanol–water partition coefficient (Wildman–Crippen LogP) is 4.24. The molecule has 0 aliphatic carbocycles. The largest absolute Gasteiger partial charge is 0.497 e. The van der Waals surface area contributed by atoms with Gasteiger partial charge < -0.3 is 14.8 Å². The van der Waals surface area contributed by atoms with Crippen LogP contribution >= 0.6 is 0 Å². The maximum absolute atomic E-state index is 5.94. The summed E-state index contributed by atoms with van der Waals surface area (Å²) in [4.78, 5) is 2.55. The van der Waals surface area contributed by atoms with Crippen LogP contribution in [0.15, 0.2) is 48.5 Å². The van der Waals surface area contributed by atoms with Gasteiger partial charge >= 0.3 is 0 Å². The SMILES string of the molecule is COc1ccc(CNCCCOc2cccc(CN3CCCCC3)c2)cc1. The molecule has 3 rings (SSSR count). The third-order valence-electron chi connectivity index (χ3n) is 5.01. The van der Waals surface area contributed by atoms with Gasteiger partial charge in [-0.15, -0.1) is 0 Å². The molecule has 0 amide bonds. The quantitative estimate of drug-likeness (QED) is 0.636. The molecule has 0 radical (unpaired) electrons. The first-order valence-corrected chi connectivity index (χ1v) is 10.1. The van der Waals surface area contributed by atoms with Crippen molar-refractivity contribution in [3.05, 3.63) is 59.7 Å². The zero-order valence-corrected chi connectivity index (χ0v) is 16.5. The average molecular weight is 369 g/mol. The summed E-state index contributed by atoms with van der Waals surface area (Å²) >= 11 is 0. The van der Waals surface area contributed by atoms with Gasteiger partial charge in [0.15, 0.2) is 0 Å². The Morgan fingerprint density at radius 1 is 0.926 bits per heavy atom. The van der Waals surface area contributed by atoms with Crippen LogP contribution in [-0.2, 0) is 13.1 Å². The topological polar surface area (TPSA) is 33.7 Å². The second kappa shape index (κ2) is 11.0. The summed E-state index contributed by atoms with van der Waals surface area (Å²) in [5, 5.41) is 3.46. The third kappa shape index (κ3) is 6.89. The van der Waals surface area contributed by atoms with Crippen molar-refractivity contribution in [2.24, 2.45) is 0 Å². The Morgan fingerprint density at radius 3 is 2.52 bits per heavy atom. The number of nitrogens with zero attached hydrogens (tertiary/aromatic N) is 1. The van der Waals surface area contributed by atoms with Gasteiger partial charge in [-0.1, -0.05) is 30.7 Å². The van der Waals surface area contributed by atoms with Crippen molar-refractivity contribution in [2.75, 3.05) is 33.4 Å². The molecule has 2 aromatic rings. The number of likely N-dealkylation sites (tertiary alicyclic amines) is 1. The minimum absolute atomic E-state index is 0.739. The summed E-state index contributed by atoms with van der Waals surface area (Å²) < 4.78 is 11.1. The lowest BCUT2D eigenvalue weighted by atomic mass is 10.1. The first-order valence-electron chi connectivity index (χ1n) is 10.1. The second-order valence-electron chi connectivity index (χ2n) is 7.21. The molecule has 2 aromatic carbocycles. The molecule has 1 aliphatic rings. The van der Waals surface area contributed by atoms with E-state index in [1.807, 2.05) is 12.1 Å². The Morgan fingerprint density at radius 2 is 1.74 bits per heavy atom. The minimum atomic E-state index is 0.739. The van der Waals surface area contributed by atoms with E-state index in [0.29, 0.717) is 0 Å². The van der Waals surface area contributed by atoms with E-state index >= 15 is 0 Å². The van der Waals surface area contributed by atoms with Crippen LogP contribution in [0.4, 0.5) is 0 Å². The van der Waals surface area contributed by atoms with Crippen LogP contribution in [0.1, 0.15) is 36.8 Å². The van der Waals surface area contributed by atoms with Gasteiger partial charge in [0.1, 0.15) is 11.5 Å². The second-order valence-corrected chi connectivity index (χ2v) is 7.21. The van der Waals surface area contributed by atoms with Gasteiger partial charge in [0.2, 0.25) is 0 Å². The highest BCUT2D eigenvalue weighted by Crippen LogP contribution is 2.17. The number of hydrogen-bond donors (Lipinski definition) is 1. The fourth-order valence-corrected chi connectivity index (χ4v) is 3.47. The Balaban J connectivity index is 1.32. The highest BCUT2D eigenvalue weighted by molar-refractivity contribution is 5.28. The van der Waals surface area contributed by atoms with Crippen molar-refractivity contribution in [1.82, 2.24) is 10.2 Å². The summed E-state index contributed by atoms with van der Waals surface area (Å²) in [5.41, 5.74) is 2.62. The highest BCUT2D eigenvalue weighted by atomic mass is 16.5. The van der Waals surface area contributed by atoms with E-state index in [2.05, 4.69) is 46.6 Å². The molecule has 0 atom stereocenters. The van der Waals surface area contributed by atoms with E-state index in [1.165, 1.54) is 43.5 Å². The zero-order valence-electron chi connectivity index (χ0n) is 16.5. The van der Waals surface area contributed by atoms with E-state index in [-0.39, 0.29) is 0 Å². The Hall–Kier alpha value is -2.04. The van der Waals surface area contributed by atoms with Crippen LogP contribution in [0.25, 0.3) is 0 Å². The van der Waals surface area contributed by atoms with Gasteiger partial charge in [-0.2, -0.15) is 0 Å². The number of piperidine rings is 1. The molecule has 1 aliphatic heterocycles. The van der Waals surface area contributed by atoms with E-state index in [4.69, 9.17) is 9.47 Å². The molecule has 1 saturated heterocycles. The zero-order chi connectivity index (χ0) is 18.7. The molecule has 27 heavy (non-hydrogen) atoms. The first-order chi connectivity index (χ1) is 13.3. The number of benzene rings is 2. The molecule has 146 valence electrons. The van der Waals surface area contributed by atoms with Crippen LogP contribution in [0, 0.1) is 0 Å². The van der Waals surface area contributed by atoms with Crippen LogP contribution in [-0.4, -0.2) is 38.3 Å². The van der Waals surface area contributed by atoms with E-state index in [9.17, 15) is 0 Å². The Bertz CT molecular complexity index is 666. The van der Waals surface area contributed by atoms with Crippen molar-refractivity contribution in [3.8, 4) is 11.5 Å². The Labute approximate surface area is 163 Å². The molecule has 0 unspecified atom stereocenters. The molecule has 0 bridgehead atoms. The third-order valence-corrected chi connectivity index (χ3v) is 5.01. The summed E-state index contributed by atoms with van der Waals surface area (Å²) in [6.45, 7) is 6.05. The number of nitrogens with one attached hydrogen (secondary N) is 1. The van der Waals surface area contributed by atoms with Crippen LogP contribution in [0.2, 0.25) is 0 Å². The van der Waals surface area contributed by atoms with Crippen LogP contribution in [0.3, 0.4) is 0 Å². The van der Waals surface area contributed by atoms with Crippen LogP contribution < -0.4 is 14.8 Å². The molecule has 0 spiro atoms. The van der Waals surface area contributed by atoms with Gasteiger partial charge in [0, 0.05) is 13.1 Å². The van der Waals surface area contributed by atoms with Gasteiger partial charge in [0.25, 0.3) is 0 Å². The molecule has 4 nitrogen and oxygen atoms in total. The van der Waals surface area contributed by atoms with E-state index < -0.39 is 0 Å². The maximum atomic E-state index is 5.94. The van der Waals surface area contributed by atoms with Crippen molar-refractivity contribution < 1.29 is 9.47 Å². The van der Waals surface area contributed by atoms with Crippen LogP contribution in [0.5, 0.6) is 11.5 Å². The smallest absolute Gasteiger partial charge is 0.119 e. The number of ether oxygens (including phenoxy) is 2. The van der Waals surface area contributed by atoms with Crippen molar-refractivity contribution in [1.29, 1.82) is 0 Å². The molecule has 0 saturated carbocycles. The lowest BCUT2D eigenvalue weighted by Gasteiger charge is -2.26. The summed E-state index contributed by atoms with van der Waals surface area (Å²) in [6.07, 6.45) is 5.04. The number of rotatable bonds is 10. The van der Waals surface area contributed by atoms with Gasteiger partial charge in [0.05, 0.1) is 13.7 Å². The van der Waals surface area contributed by atoms with Gasteiger partial charge in [-0.25, -0.2) is 0 Å². The summed E-state index contributed by atoms with van der Waals surface area (Å²) in [5.74, 6) is 1.88.